The number of nitrogens with one attached hydrogen (secondary N) is 1. The van der Waals surface area contributed by atoms with Crippen molar-refractivity contribution in [3.8, 4) is 0 Å². The molecule has 20 heavy (non-hydrogen) atoms. The van der Waals surface area contributed by atoms with Gasteiger partial charge in [-0.05, 0) is 29.7 Å². The predicted octanol–water partition coefficient (Wildman–Crippen LogP) is 4.34. The molecule has 106 valence electrons. The predicted molar refractivity (Wildman–Crippen MR) is 83.9 cm³/mol. The van der Waals surface area contributed by atoms with E-state index in [0.717, 1.165) is 17.1 Å². The minimum absolute atomic E-state index is 0.217. The summed E-state index contributed by atoms with van der Waals surface area (Å²) in [7, 11) is 1.71. The Labute approximate surface area is 125 Å². The molecule has 2 aromatic carbocycles. The number of hydrogen-bond acceptors (Lipinski definition) is 2. The summed E-state index contributed by atoms with van der Waals surface area (Å²) >= 11 is 6.21. The van der Waals surface area contributed by atoms with E-state index in [4.69, 9.17) is 16.3 Å². The molecule has 2 rings (SSSR count). The largest absolute Gasteiger partial charge is 0.380 e. The normalized spacial score (nSPS) is 12.3. The molecule has 0 saturated carbocycles. The highest BCUT2D eigenvalue weighted by Gasteiger charge is 2.08. The molecule has 1 atom stereocenters. The van der Waals surface area contributed by atoms with E-state index in [1.54, 1.807) is 7.11 Å². The van der Waals surface area contributed by atoms with Gasteiger partial charge in [0.15, 0.2) is 0 Å². The molecule has 0 aliphatic heterocycles. The molecular formula is C17H20ClNO. The maximum absolute atomic E-state index is 6.21. The summed E-state index contributed by atoms with van der Waals surface area (Å²) in [5.74, 6) is 0. The molecule has 2 nitrogen and oxygen atoms in total. The van der Waals surface area contributed by atoms with Crippen LogP contribution in [-0.2, 0) is 17.9 Å². The van der Waals surface area contributed by atoms with Crippen molar-refractivity contribution in [3.63, 3.8) is 0 Å². The van der Waals surface area contributed by atoms with Gasteiger partial charge in [0.1, 0.15) is 0 Å². The maximum atomic E-state index is 6.21. The number of benzene rings is 2. The Hall–Kier alpha value is -1.35. The van der Waals surface area contributed by atoms with Crippen LogP contribution in [0, 0.1) is 0 Å². The van der Waals surface area contributed by atoms with Crippen LogP contribution < -0.4 is 5.32 Å². The van der Waals surface area contributed by atoms with E-state index in [9.17, 15) is 0 Å². The fourth-order valence-electron chi connectivity index (χ4n) is 2.20. The van der Waals surface area contributed by atoms with E-state index >= 15 is 0 Å². The smallest absolute Gasteiger partial charge is 0.0713 e. The van der Waals surface area contributed by atoms with Gasteiger partial charge in [-0.1, -0.05) is 54.1 Å². The topological polar surface area (TPSA) is 21.3 Å². The van der Waals surface area contributed by atoms with Crippen LogP contribution in [0.3, 0.4) is 0 Å². The first kappa shape index (κ1) is 15.0. The number of methoxy groups -OCH3 is 1. The van der Waals surface area contributed by atoms with E-state index < -0.39 is 0 Å². The van der Waals surface area contributed by atoms with E-state index in [-0.39, 0.29) is 6.04 Å². The second-order valence-corrected chi connectivity index (χ2v) is 5.28. The maximum Gasteiger partial charge on any atom is 0.0713 e. The molecule has 2 aromatic rings. The van der Waals surface area contributed by atoms with Gasteiger partial charge in [0.2, 0.25) is 0 Å². The van der Waals surface area contributed by atoms with Crippen molar-refractivity contribution in [1.82, 2.24) is 5.32 Å². The summed E-state index contributed by atoms with van der Waals surface area (Å²) in [5.41, 5.74) is 3.57. The van der Waals surface area contributed by atoms with Crippen LogP contribution in [0.25, 0.3) is 0 Å². The zero-order chi connectivity index (χ0) is 14.4. The molecule has 1 unspecified atom stereocenters. The van der Waals surface area contributed by atoms with E-state index in [2.05, 4.69) is 42.6 Å². The minimum atomic E-state index is 0.217. The first-order chi connectivity index (χ1) is 9.70. The van der Waals surface area contributed by atoms with Crippen LogP contribution in [-0.4, -0.2) is 7.11 Å². The molecule has 0 saturated heterocycles. The van der Waals surface area contributed by atoms with Crippen molar-refractivity contribution in [1.29, 1.82) is 0 Å². The lowest BCUT2D eigenvalue weighted by molar-refractivity contribution is 0.185. The number of rotatable bonds is 6. The summed E-state index contributed by atoms with van der Waals surface area (Å²) in [6.07, 6.45) is 0. The Morgan fingerprint density at radius 3 is 2.60 bits per heavy atom. The molecule has 3 heteroatoms. The van der Waals surface area contributed by atoms with Crippen molar-refractivity contribution in [2.24, 2.45) is 0 Å². The summed E-state index contributed by atoms with van der Waals surface area (Å²) in [6, 6.07) is 16.6. The lowest BCUT2D eigenvalue weighted by Crippen LogP contribution is -2.18. The Bertz CT molecular complexity index is 556. The van der Waals surface area contributed by atoms with E-state index in [0.29, 0.717) is 6.61 Å². The van der Waals surface area contributed by atoms with Crippen LogP contribution in [0.2, 0.25) is 5.02 Å². The minimum Gasteiger partial charge on any atom is -0.380 e. The Morgan fingerprint density at radius 2 is 1.85 bits per heavy atom. The van der Waals surface area contributed by atoms with Crippen LogP contribution in [0.4, 0.5) is 0 Å². The summed E-state index contributed by atoms with van der Waals surface area (Å²) in [5, 5.41) is 4.31. The fraction of sp³-hybridized carbons (Fsp3) is 0.294. The van der Waals surface area contributed by atoms with E-state index in [1.807, 2.05) is 18.2 Å². The number of halogens is 1. The zero-order valence-electron chi connectivity index (χ0n) is 11.9. The van der Waals surface area contributed by atoms with Crippen LogP contribution in [0.5, 0.6) is 0 Å². The molecule has 0 radical (unpaired) electrons. The highest BCUT2D eigenvalue weighted by atomic mass is 35.5. The third kappa shape index (κ3) is 4.07. The van der Waals surface area contributed by atoms with Crippen molar-refractivity contribution in [3.05, 3.63) is 70.2 Å². The Kier molecular flexibility index (Phi) is 5.60. The van der Waals surface area contributed by atoms with Gasteiger partial charge in [0.25, 0.3) is 0 Å². The second-order valence-electron chi connectivity index (χ2n) is 4.88. The molecule has 0 amide bonds. The standard InChI is InChI=1S/C17H20ClNO/c1-13(16-8-3-4-9-17(16)18)19-11-14-6-5-7-15(10-14)12-20-2/h3-10,13,19H,11-12H2,1-2H3. The van der Waals surface area contributed by atoms with Gasteiger partial charge in [-0.25, -0.2) is 0 Å². The molecule has 0 aromatic heterocycles. The van der Waals surface area contributed by atoms with Gasteiger partial charge in [-0.2, -0.15) is 0 Å². The Morgan fingerprint density at radius 1 is 1.10 bits per heavy atom. The summed E-state index contributed by atoms with van der Waals surface area (Å²) < 4.78 is 5.16. The highest BCUT2D eigenvalue weighted by molar-refractivity contribution is 6.31. The molecule has 0 aliphatic carbocycles. The molecule has 1 N–H and O–H groups in total. The van der Waals surface area contributed by atoms with Gasteiger partial charge in [0.05, 0.1) is 6.61 Å². The SMILES string of the molecule is COCc1cccc(CNC(C)c2ccccc2Cl)c1. The first-order valence-corrected chi connectivity index (χ1v) is 7.13. The van der Waals surface area contributed by atoms with Crippen molar-refractivity contribution >= 4 is 11.6 Å². The fourth-order valence-corrected chi connectivity index (χ4v) is 2.50. The zero-order valence-corrected chi connectivity index (χ0v) is 12.7. The molecule has 0 spiro atoms. The van der Waals surface area contributed by atoms with Crippen molar-refractivity contribution < 1.29 is 4.74 Å². The van der Waals surface area contributed by atoms with Crippen molar-refractivity contribution in [2.75, 3.05) is 7.11 Å². The van der Waals surface area contributed by atoms with E-state index in [1.165, 1.54) is 11.1 Å². The molecule has 0 aliphatic rings. The summed E-state index contributed by atoms with van der Waals surface area (Å²) in [4.78, 5) is 0. The van der Waals surface area contributed by atoms with Gasteiger partial charge in [-0.15, -0.1) is 0 Å². The highest BCUT2D eigenvalue weighted by Crippen LogP contribution is 2.22. The van der Waals surface area contributed by atoms with Gasteiger partial charge >= 0.3 is 0 Å². The molecule has 0 heterocycles. The summed E-state index contributed by atoms with van der Waals surface area (Å²) in [6.45, 7) is 3.58. The average molecular weight is 290 g/mol. The second kappa shape index (κ2) is 7.44. The van der Waals surface area contributed by atoms with Gasteiger partial charge in [0, 0.05) is 24.7 Å². The monoisotopic (exact) mass is 289 g/mol. The van der Waals surface area contributed by atoms with Crippen LogP contribution >= 0.6 is 11.6 Å². The quantitative estimate of drug-likeness (QED) is 0.854. The van der Waals surface area contributed by atoms with Crippen LogP contribution in [0.15, 0.2) is 48.5 Å². The van der Waals surface area contributed by atoms with Gasteiger partial charge < -0.3 is 10.1 Å². The molecular weight excluding hydrogens is 270 g/mol. The average Bonchev–Trinajstić information content (AvgIpc) is 2.46. The number of ether oxygens (including phenoxy) is 1. The molecule has 0 bridgehead atoms. The van der Waals surface area contributed by atoms with Crippen molar-refractivity contribution in [2.45, 2.75) is 26.1 Å². The van der Waals surface area contributed by atoms with Gasteiger partial charge in [-0.3, -0.25) is 0 Å². The molecule has 0 fully saturated rings. The first-order valence-electron chi connectivity index (χ1n) is 6.75. The third-order valence-electron chi connectivity index (χ3n) is 3.29. The number of hydrogen-bond donors (Lipinski definition) is 1. The lowest BCUT2D eigenvalue weighted by Gasteiger charge is -2.16. The third-order valence-corrected chi connectivity index (χ3v) is 3.63. The van der Waals surface area contributed by atoms with Crippen LogP contribution in [0.1, 0.15) is 29.7 Å². The lowest BCUT2D eigenvalue weighted by atomic mass is 10.1. The Balaban J connectivity index is 1.98.